The number of hydrogen-bond donors (Lipinski definition) is 2. The first-order chi connectivity index (χ1) is 9.36. The number of anilines is 2. The molecule has 0 aromatic carbocycles. The molecule has 3 aromatic heterocycles. The number of hydrogen-bond acceptors (Lipinski definition) is 6. The molecule has 0 saturated heterocycles. The maximum Gasteiger partial charge on any atom is 0.226 e. The van der Waals surface area contributed by atoms with Crippen LogP contribution in [-0.4, -0.2) is 16.5 Å². The Morgan fingerprint density at radius 2 is 2.11 bits per heavy atom. The molecule has 0 spiro atoms. The Morgan fingerprint density at radius 1 is 1.16 bits per heavy atom. The van der Waals surface area contributed by atoms with Crippen molar-refractivity contribution in [2.24, 2.45) is 0 Å². The Bertz CT molecular complexity index is 660. The minimum absolute atomic E-state index is 0.685. The molecule has 0 amide bonds. The number of fused-ring (bicyclic) bond motifs is 1. The minimum Gasteiger partial charge on any atom is -0.365 e. The highest BCUT2D eigenvalue weighted by Crippen LogP contribution is 2.26. The topological polar surface area (TPSA) is 49.8 Å². The molecule has 0 bridgehead atoms. The van der Waals surface area contributed by atoms with E-state index in [0.717, 1.165) is 29.1 Å². The van der Waals surface area contributed by atoms with Crippen molar-refractivity contribution >= 4 is 44.7 Å². The fourth-order valence-electron chi connectivity index (χ4n) is 1.81. The third-order valence-electron chi connectivity index (χ3n) is 2.70. The lowest BCUT2D eigenvalue weighted by atomic mass is 10.3. The summed E-state index contributed by atoms with van der Waals surface area (Å²) in [6.45, 7) is 3.65. The van der Waals surface area contributed by atoms with Gasteiger partial charge in [-0.15, -0.1) is 11.3 Å². The van der Waals surface area contributed by atoms with Gasteiger partial charge in [0.15, 0.2) is 0 Å². The first kappa shape index (κ1) is 12.4. The second-order valence-corrected chi connectivity index (χ2v) is 5.73. The van der Waals surface area contributed by atoms with Crippen molar-refractivity contribution in [3.05, 3.63) is 33.8 Å². The van der Waals surface area contributed by atoms with Crippen molar-refractivity contribution in [2.75, 3.05) is 17.2 Å². The van der Waals surface area contributed by atoms with Gasteiger partial charge >= 0.3 is 0 Å². The molecule has 3 rings (SSSR count). The van der Waals surface area contributed by atoms with Crippen LogP contribution in [0, 0.1) is 0 Å². The van der Waals surface area contributed by atoms with Gasteiger partial charge in [0.05, 0.1) is 5.39 Å². The Labute approximate surface area is 119 Å². The number of rotatable bonds is 5. The lowest BCUT2D eigenvalue weighted by Crippen LogP contribution is -2.06. The van der Waals surface area contributed by atoms with Crippen molar-refractivity contribution < 1.29 is 0 Å². The minimum atomic E-state index is 0.685. The fourth-order valence-corrected chi connectivity index (χ4v) is 3.24. The van der Waals surface area contributed by atoms with Crippen LogP contribution in [0.15, 0.2) is 28.3 Å². The summed E-state index contributed by atoms with van der Waals surface area (Å²) < 4.78 is 0. The van der Waals surface area contributed by atoms with E-state index in [1.807, 2.05) is 12.3 Å². The number of nitrogens with zero attached hydrogens (tertiary/aromatic N) is 2. The zero-order valence-corrected chi connectivity index (χ0v) is 12.1. The van der Waals surface area contributed by atoms with Crippen molar-refractivity contribution in [1.29, 1.82) is 0 Å². The largest absolute Gasteiger partial charge is 0.365 e. The highest BCUT2D eigenvalue weighted by atomic mass is 32.1. The summed E-state index contributed by atoms with van der Waals surface area (Å²) in [6, 6.07) is 4.18. The van der Waals surface area contributed by atoms with Crippen molar-refractivity contribution in [3.8, 4) is 0 Å². The molecule has 0 unspecified atom stereocenters. The van der Waals surface area contributed by atoms with Crippen LogP contribution < -0.4 is 10.6 Å². The maximum atomic E-state index is 4.54. The molecule has 19 heavy (non-hydrogen) atoms. The maximum absolute atomic E-state index is 4.54. The summed E-state index contributed by atoms with van der Waals surface area (Å²) in [5.74, 6) is 1.58. The molecule has 0 aliphatic carbocycles. The number of thiophene rings is 2. The van der Waals surface area contributed by atoms with Gasteiger partial charge in [-0.2, -0.15) is 16.3 Å². The third kappa shape index (κ3) is 2.69. The van der Waals surface area contributed by atoms with Crippen molar-refractivity contribution in [1.82, 2.24) is 9.97 Å². The van der Waals surface area contributed by atoms with Crippen LogP contribution in [-0.2, 0) is 6.54 Å². The monoisotopic (exact) mass is 290 g/mol. The van der Waals surface area contributed by atoms with E-state index >= 15 is 0 Å². The molecule has 3 aromatic rings. The van der Waals surface area contributed by atoms with Gasteiger partial charge in [-0.3, -0.25) is 0 Å². The predicted octanol–water partition coefficient (Wildman–Crippen LogP) is 3.80. The fraction of sp³-hybridized carbons (Fsp3) is 0.231. The molecular formula is C13H14N4S2. The Hall–Kier alpha value is -1.66. The summed E-state index contributed by atoms with van der Waals surface area (Å²) in [5.41, 5.74) is 1.27. The van der Waals surface area contributed by atoms with E-state index in [-0.39, 0.29) is 0 Å². The average Bonchev–Trinajstić information content (AvgIpc) is 3.07. The SMILES string of the molecule is CCNc1nc(NCc2ccsc2)c2ccsc2n1. The molecule has 0 saturated carbocycles. The Morgan fingerprint density at radius 3 is 2.89 bits per heavy atom. The molecule has 3 heterocycles. The molecule has 98 valence electrons. The molecule has 6 heteroatoms. The van der Waals surface area contributed by atoms with Crippen LogP contribution in [0.2, 0.25) is 0 Å². The van der Waals surface area contributed by atoms with Crippen LogP contribution in [0.4, 0.5) is 11.8 Å². The van der Waals surface area contributed by atoms with Crippen LogP contribution in [0.25, 0.3) is 10.2 Å². The summed E-state index contributed by atoms with van der Waals surface area (Å²) in [4.78, 5) is 10.0. The number of nitrogens with one attached hydrogen (secondary N) is 2. The van der Waals surface area contributed by atoms with Gasteiger partial charge in [0.2, 0.25) is 5.95 Å². The van der Waals surface area contributed by atoms with E-state index in [4.69, 9.17) is 0 Å². The van der Waals surface area contributed by atoms with E-state index in [0.29, 0.717) is 5.95 Å². The van der Waals surface area contributed by atoms with Gasteiger partial charge in [-0.05, 0) is 40.8 Å². The van der Waals surface area contributed by atoms with E-state index in [1.165, 1.54) is 5.56 Å². The Balaban J connectivity index is 1.89. The zero-order valence-electron chi connectivity index (χ0n) is 10.5. The number of aromatic nitrogens is 2. The van der Waals surface area contributed by atoms with Gasteiger partial charge in [-0.1, -0.05) is 0 Å². The highest BCUT2D eigenvalue weighted by molar-refractivity contribution is 7.16. The first-order valence-electron chi connectivity index (χ1n) is 6.11. The first-order valence-corrected chi connectivity index (χ1v) is 7.93. The molecule has 0 aliphatic rings. The lowest BCUT2D eigenvalue weighted by Gasteiger charge is -2.08. The summed E-state index contributed by atoms with van der Waals surface area (Å²) in [5, 5.41) is 13.9. The molecule has 0 aliphatic heterocycles. The smallest absolute Gasteiger partial charge is 0.226 e. The molecule has 0 fully saturated rings. The summed E-state index contributed by atoms with van der Waals surface area (Å²) >= 11 is 3.34. The molecule has 2 N–H and O–H groups in total. The summed E-state index contributed by atoms with van der Waals surface area (Å²) in [6.07, 6.45) is 0. The van der Waals surface area contributed by atoms with Crippen molar-refractivity contribution in [2.45, 2.75) is 13.5 Å². The van der Waals surface area contributed by atoms with Crippen LogP contribution in [0.5, 0.6) is 0 Å². The molecule has 0 radical (unpaired) electrons. The van der Waals surface area contributed by atoms with E-state index in [2.05, 4.69) is 43.5 Å². The molecule has 0 atom stereocenters. The normalized spacial score (nSPS) is 10.8. The van der Waals surface area contributed by atoms with E-state index < -0.39 is 0 Å². The standard InChI is InChI=1S/C13H14N4S2/c1-2-14-13-16-11(10-4-6-19-12(10)17-13)15-7-9-3-5-18-8-9/h3-6,8H,2,7H2,1H3,(H2,14,15,16,17). The predicted molar refractivity (Wildman–Crippen MR) is 83.2 cm³/mol. The quantitative estimate of drug-likeness (QED) is 0.750. The van der Waals surface area contributed by atoms with Crippen LogP contribution in [0.3, 0.4) is 0 Å². The lowest BCUT2D eigenvalue weighted by molar-refractivity contribution is 1.08. The van der Waals surface area contributed by atoms with Gasteiger partial charge in [-0.25, -0.2) is 4.98 Å². The average molecular weight is 290 g/mol. The second kappa shape index (κ2) is 5.54. The van der Waals surface area contributed by atoms with Crippen molar-refractivity contribution in [3.63, 3.8) is 0 Å². The molecular weight excluding hydrogens is 276 g/mol. The third-order valence-corrected chi connectivity index (χ3v) is 4.24. The Kier molecular flexibility index (Phi) is 3.61. The van der Waals surface area contributed by atoms with Gasteiger partial charge in [0.1, 0.15) is 10.6 Å². The second-order valence-electron chi connectivity index (χ2n) is 4.05. The summed E-state index contributed by atoms with van der Waals surface area (Å²) in [7, 11) is 0. The van der Waals surface area contributed by atoms with E-state index in [1.54, 1.807) is 22.7 Å². The molecule has 4 nitrogen and oxygen atoms in total. The van der Waals surface area contributed by atoms with Crippen LogP contribution in [0.1, 0.15) is 12.5 Å². The van der Waals surface area contributed by atoms with Gasteiger partial charge in [0, 0.05) is 13.1 Å². The van der Waals surface area contributed by atoms with Crippen LogP contribution >= 0.6 is 22.7 Å². The zero-order chi connectivity index (χ0) is 13.1. The van der Waals surface area contributed by atoms with Gasteiger partial charge in [0.25, 0.3) is 0 Å². The van der Waals surface area contributed by atoms with Gasteiger partial charge < -0.3 is 10.6 Å². The highest BCUT2D eigenvalue weighted by Gasteiger charge is 2.08. The van der Waals surface area contributed by atoms with E-state index in [9.17, 15) is 0 Å².